The number of nitrogens with zero attached hydrogens (tertiary/aromatic N) is 2. The summed E-state index contributed by atoms with van der Waals surface area (Å²) in [5.41, 5.74) is 0.0821. The van der Waals surface area contributed by atoms with Crippen molar-refractivity contribution in [3.63, 3.8) is 0 Å². The van der Waals surface area contributed by atoms with Crippen LogP contribution in [0.1, 0.15) is 69.1 Å². The molecule has 10 heteroatoms. The van der Waals surface area contributed by atoms with E-state index in [2.05, 4.69) is 29.0 Å². The Morgan fingerprint density at radius 3 is 1.77 bits per heavy atom. The third-order valence-electron chi connectivity index (χ3n) is 26.1. The van der Waals surface area contributed by atoms with Crippen LogP contribution in [0.25, 0.3) is 0 Å². The van der Waals surface area contributed by atoms with Crippen molar-refractivity contribution in [2.75, 3.05) is 7.11 Å². The van der Waals surface area contributed by atoms with Gasteiger partial charge in [0.15, 0.2) is 0 Å². The van der Waals surface area contributed by atoms with E-state index in [0.29, 0.717) is 102 Å². The van der Waals surface area contributed by atoms with Gasteiger partial charge < -0.3 is 4.74 Å². The quantitative estimate of drug-likeness (QED) is 0.168. The maximum atomic E-state index is 14.9. The zero-order chi connectivity index (χ0) is 41.1. The van der Waals surface area contributed by atoms with Gasteiger partial charge in [-0.15, -0.1) is 0 Å². The van der Waals surface area contributed by atoms with Gasteiger partial charge in [-0.25, -0.2) is 9.97 Å². The highest BCUT2D eigenvalue weighted by molar-refractivity contribution is 5.69. The van der Waals surface area contributed by atoms with Gasteiger partial charge in [0.1, 0.15) is 17.2 Å². The lowest BCUT2D eigenvalue weighted by Crippen LogP contribution is -2.58. The van der Waals surface area contributed by atoms with E-state index in [1.165, 1.54) is 32.8 Å². The first-order chi connectivity index (χ1) is 29.9. The van der Waals surface area contributed by atoms with Gasteiger partial charge in [0, 0.05) is 11.8 Å². The summed E-state index contributed by atoms with van der Waals surface area (Å²) in [4.78, 5) is 21.4. The summed E-state index contributed by atoms with van der Waals surface area (Å²) >= 11 is 0. The molecule has 18 rings (SSSR count). The predicted molar refractivity (Wildman–Crippen MR) is 208 cm³/mol. The number of methoxy groups -OCH3 is 1. The second-order valence-corrected chi connectivity index (χ2v) is 25.6. The van der Waals surface area contributed by atoms with Crippen molar-refractivity contribution in [1.82, 2.24) is 9.97 Å². The molecule has 0 spiro atoms. The maximum Gasteiger partial charge on any atom is 0.433 e. The third-order valence-corrected chi connectivity index (χ3v) is 26.1. The fourth-order valence-electron chi connectivity index (χ4n) is 27.1. The fourth-order valence-corrected chi connectivity index (χ4v) is 27.1. The number of carbonyl (C=O) groups excluding carboxylic acids is 1. The number of carbonyl (C=O) groups is 1. The first-order valence-corrected chi connectivity index (χ1v) is 25.4. The van der Waals surface area contributed by atoms with Gasteiger partial charge in [-0.05, 0) is 228 Å². The Bertz CT molecular complexity index is 2410. The molecule has 0 aromatic carbocycles. The van der Waals surface area contributed by atoms with Crippen LogP contribution < -0.4 is 0 Å². The lowest BCUT2D eigenvalue weighted by atomic mass is 9.43. The van der Waals surface area contributed by atoms with Crippen LogP contribution >= 0.6 is 0 Å². The Kier molecular flexibility index (Phi) is 5.62. The lowest BCUT2D eigenvalue weighted by Gasteiger charge is -2.61. The molecule has 32 unspecified atom stereocenters. The molecule has 4 nitrogen and oxygen atoms in total. The average molecular weight is 853 g/mol. The van der Waals surface area contributed by atoms with E-state index in [4.69, 9.17) is 4.74 Å². The summed E-state index contributed by atoms with van der Waals surface area (Å²) in [7, 11) is 1.35. The van der Waals surface area contributed by atoms with E-state index in [1.807, 2.05) is 11.1 Å². The molecule has 1 aromatic heterocycles. The molecule has 0 amide bonds. The zero-order valence-electron chi connectivity index (χ0n) is 35.1. The topological polar surface area (TPSA) is 52.1 Å². The van der Waals surface area contributed by atoms with Crippen molar-refractivity contribution < 1.29 is 35.9 Å². The second kappa shape index (κ2) is 9.98. The van der Waals surface area contributed by atoms with Crippen LogP contribution in [0, 0.1) is 183 Å². The number of hydrogen-bond donors (Lipinski definition) is 0. The first kappa shape index (κ1) is 34.9. The van der Waals surface area contributed by atoms with Crippen LogP contribution in [0.2, 0.25) is 0 Å². The van der Waals surface area contributed by atoms with Crippen LogP contribution in [-0.2, 0) is 27.3 Å². The van der Waals surface area contributed by atoms with Gasteiger partial charge >= 0.3 is 18.3 Å². The van der Waals surface area contributed by atoms with Gasteiger partial charge in [-0.1, -0.05) is 30.2 Å². The Balaban J connectivity index is 0.917. The SMILES string of the molecule is COC(=O)CCCC1(c2nc(C(F)(F)F)cc(C(F)(F)F)n2)C2C3C4CCC5C6CCC7C8C=CC9C%10C%11=C%12C%13C(C8%10)C7C6C6C5C4C4C(C%12C5C7C%11C9C(C)C7C(C5C43)C21)C%136. The fraction of sp³-hybridized carbons (Fsp3) is 0.827. The standard InChI is InChI=1S/C52H54F6N2O2/c1-13-23-18-9-7-16-14-5-6-15-17-8-10-19-30-28(17)35-26(15)25(14)34-27(16)29(18)36-32(23)33-24(13)46-45-38(37(30)43-41(35)40(34)42(36)44(43)39(33)45)31(19)47-48(46)50(47,11-3-4-22(61)62-2)49-59-20(51(53,54)55)12-21(60-49)52(56,57)58/h7,9,12-19,23-35,37-41,43-48H,3-6,8,10-11H2,1-2H3. The van der Waals surface area contributed by atoms with Crippen LogP contribution in [0.15, 0.2) is 29.4 Å². The minimum atomic E-state index is -5.05. The summed E-state index contributed by atoms with van der Waals surface area (Å²) in [5.74, 6) is 18.6. The number of halogens is 6. The number of fused-ring (bicyclic) bond motifs is 8. The number of ether oxygens (including phenoxy) is 1. The molecule has 326 valence electrons. The van der Waals surface area contributed by atoms with Gasteiger partial charge in [0.05, 0.1) is 7.11 Å². The lowest BCUT2D eigenvalue weighted by molar-refractivity contribution is -0.148. The minimum Gasteiger partial charge on any atom is -0.469 e. The molecule has 62 heavy (non-hydrogen) atoms. The van der Waals surface area contributed by atoms with Crippen molar-refractivity contribution in [3.8, 4) is 0 Å². The summed E-state index contributed by atoms with van der Waals surface area (Å²) < 4.78 is 94.3. The summed E-state index contributed by atoms with van der Waals surface area (Å²) in [5, 5.41) is 0. The molecule has 0 N–H and O–H groups in total. The van der Waals surface area contributed by atoms with E-state index in [9.17, 15) is 31.1 Å². The van der Waals surface area contributed by atoms with E-state index in [-0.39, 0.29) is 42.0 Å². The Morgan fingerprint density at radius 2 is 1.10 bits per heavy atom. The first-order valence-electron chi connectivity index (χ1n) is 25.4. The van der Waals surface area contributed by atoms with Crippen molar-refractivity contribution >= 4 is 5.97 Å². The number of hydrogen-bond acceptors (Lipinski definition) is 4. The van der Waals surface area contributed by atoms with Gasteiger partial charge in [-0.3, -0.25) is 4.79 Å². The van der Waals surface area contributed by atoms with Crippen LogP contribution in [0.3, 0.4) is 0 Å². The van der Waals surface area contributed by atoms with Crippen LogP contribution in [0.5, 0.6) is 0 Å². The van der Waals surface area contributed by atoms with Gasteiger partial charge in [0.25, 0.3) is 0 Å². The van der Waals surface area contributed by atoms with Crippen LogP contribution in [0.4, 0.5) is 26.3 Å². The smallest absolute Gasteiger partial charge is 0.433 e. The Hall–Kier alpha value is -2.39. The molecule has 17 aliphatic carbocycles. The Labute approximate surface area is 357 Å². The average Bonchev–Trinajstić information content (AvgIpc) is 3.93. The molecular weight excluding hydrogens is 799 g/mol. The highest BCUT2D eigenvalue weighted by Gasteiger charge is 2.92. The van der Waals surface area contributed by atoms with E-state index in [0.717, 1.165) is 76.9 Å². The van der Waals surface area contributed by atoms with Gasteiger partial charge in [-0.2, -0.15) is 26.3 Å². The third kappa shape index (κ3) is 3.16. The molecule has 14 saturated carbocycles. The molecule has 0 saturated heterocycles. The Morgan fingerprint density at radius 1 is 0.597 bits per heavy atom. The minimum absolute atomic E-state index is 0.0357. The van der Waals surface area contributed by atoms with Crippen molar-refractivity contribution in [2.45, 2.75) is 69.6 Å². The van der Waals surface area contributed by atoms with Crippen molar-refractivity contribution in [3.05, 3.63) is 46.6 Å². The number of esters is 1. The summed E-state index contributed by atoms with van der Waals surface area (Å²) in [6.45, 7) is 2.57. The molecule has 32 atom stereocenters. The summed E-state index contributed by atoms with van der Waals surface area (Å²) in [6.07, 6.45) is 1.56. The zero-order valence-corrected chi connectivity index (χ0v) is 35.1. The highest BCUT2D eigenvalue weighted by atomic mass is 19.4. The van der Waals surface area contributed by atoms with Gasteiger partial charge in [0.2, 0.25) is 0 Å². The number of allylic oxidation sites excluding steroid dienone is 4. The predicted octanol–water partition coefficient (Wildman–Crippen LogP) is 9.86. The molecule has 0 radical (unpaired) electrons. The summed E-state index contributed by atoms with van der Waals surface area (Å²) in [6, 6.07) is 0.145. The maximum absolute atomic E-state index is 14.9. The van der Waals surface area contributed by atoms with Crippen molar-refractivity contribution in [1.29, 1.82) is 0 Å². The van der Waals surface area contributed by atoms with Crippen LogP contribution in [-0.4, -0.2) is 23.0 Å². The second-order valence-electron chi connectivity index (χ2n) is 25.6. The molecule has 0 bridgehead atoms. The largest absolute Gasteiger partial charge is 0.469 e. The normalized spacial score (nSPS) is 64.5. The van der Waals surface area contributed by atoms with E-state index >= 15 is 0 Å². The number of alkyl halides is 6. The van der Waals surface area contributed by atoms with E-state index < -0.39 is 29.2 Å². The number of aromatic nitrogens is 2. The molecule has 1 heterocycles. The monoisotopic (exact) mass is 852 g/mol. The molecule has 1 aromatic rings. The van der Waals surface area contributed by atoms with Crippen molar-refractivity contribution in [2.24, 2.45) is 183 Å². The number of rotatable bonds is 5. The molecule has 17 aliphatic rings. The molecule has 14 fully saturated rings. The molecule has 0 aliphatic heterocycles. The highest BCUT2D eigenvalue weighted by Crippen LogP contribution is 2.95. The van der Waals surface area contributed by atoms with E-state index in [1.54, 1.807) is 0 Å². The molecular formula is C52H54F6N2O2.